The summed E-state index contributed by atoms with van der Waals surface area (Å²) in [5.41, 5.74) is 6.90. The molecule has 0 heterocycles. The molecule has 0 unspecified atom stereocenters. The lowest BCUT2D eigenvalue weighted by molar-refractivity contribution is -0.140. The maximum absolute atomic E-state index is 12.5. The number of carboxylic acids is 1. The molecule has 0 aliphatic heterocycles. The summed E-state index contributed by atoms with van der Waals surface area (Å²) in [5, 5.41) is 19.8. The number of hydrogen-bond donors (Lipinski definition) is 3. The number of alkyl halides is 2. The minimum absolute atomic E-state index is 0.465. The first kappa shape index (κ1) is 19.0. The Bertz CT molecular complexity index is 756. The molecule has 2 aromatic carbocycles. The van der Waals surface area contributed by atoms with Gasteiger partial charge in [-0.25, -0.2) is 0 Å². The van der Waals surface area contributed by atoms with Crippen molar-refractivity contribution in [1.29, 1.82) is 0 Å². The second-order valence-corrected chi connectivity index (χ2v) is 5.92. The van der Waals surface area contributed by atoms with Crippen LogP contribution in [-0.2, 0) is 11.2 Å². The number of fused-ring (bicyclic) bond motifs is 1. The van der Waals surface area contributed by atoms with Gasteiger partial charge in [0.2, 0.25) is 0 Å². The molecule has 2 aromatic rings. The number of aliphatic hydroxyl groups excluding tert-OH is 1. The molecule has 2 atom stereocenters. The average molecular weight is 349 g/mol. The van der Waals surface area contributed by atoms with E-state index in [1.807, 2.05) is 0 Å². The molecule has 0 fully saturated rings. The van der Waals surface area contributed by atoms with Gasteiger partial charge in [-0.3, -0.25) is 4.79 Å². The fourth-order valence-electron chi connectivity index (χ4n) is 2.79. The summed E-state index contributed by atoms with van der Waals surface area (Å²) >= 11 is 0. The van der Waals surface area contributed by atoms with E-state index in [1.54, 1.807) is 0 Å². The minimum atomic E-state index is -3.28. The van der Waals surface area contributed by atoms with Crippen LogP contribution >= 0.6 is 0 Å². The van der Waals surface area contributed by atoms with Crippen molar-refractivity contribution in [3.63, 3.8) is 0 Å². The monoisotopic (exact) mass is 349 g/mol. The van der Waals surface area contributed by atoms with Crippen LogP contribution in [0.4, 0.5) is 8.78 Å². The zero-order valence-electron chi connectivity index (χ0n) is 13.6. The number of nitrogens with two attached hydrogens (primary N) is 1. The van der Waals surface area contributed by atoms with Crippen molar-refractivity contribution in [1.82, 2.24) is 0 Å². The molecule has 0 amide bonds. The SMILES string of the molecule is NCCc1cccc2ccccc12.O=C(O)C[C@H]1C=CC(F)(F)[C@H]1O. The van der Waals surface area contributed by atoms with Crippen molar-refractivity contribution < 1.29 is 23.8 Å². The van der Waals surface area contributed by atoms with Gasteiger partial charge in [0.25, 0.3) is 5.92 Å². The van der Waals surface area contributed by atoms with Crippen LogP contribution < -0.4 is 5.73 Å². The highest BCUT2D eigenvalue weighted by Gasteiger charge is 2.45. The largest absolute Gasteiger partial charge is 0.481 e. The van der Waals surface area contributed by atoms with Gasteiger partial charge < -0.3 is 15.9 Å². The molecule has 4 N–H and O–H groups in total. The molecule has 1 aliphatic rings. The third kappa shape index (κ3) is 4.84. The van der Waals surface area contributed by atoms with E-state index in [0.29, 0.717) is 12.6 Å². The smallest absolute Gasteiger partial charge is 0.304 e. The van der Waals surface area contributed by atoms with Gasteiger partial charge in [0.15, 0.2) is 0 Å². The lowest BCUT2D eigenvalue weighted by Gasteiger charge is -2.17. The summed E-state index contributed by atoms with van der Waals surface area (Å²) < 4.78 is 25.0. The number of carbonyl (C=O) groups is 1. The molecule has 1 aliphatic carbocycles. The summed E-state index contributed by atoms with van der Waals surface area (Å²) in [6.07, 6.45) is 0.187. The van der Waals surface area contributed by atoms with Gasteiger partial charge in [-0.2, -0.15) is 8.78 Å². The minimum Gasteiger partial charge on any atom is -0.481 e. The van der Waals surface area contributed by atoms with Gasteiger partial charge >= 0.3 is 5.97 Å². The number of aliphatic hydroxyl groups is 1. The number of hydrogen-bond acceptors (Lipinski definition) is 3. The summed E-state index contributed by atoms with van der Waals surface area (Å²) in [4.78, 5) is 10.1. The highest BCUT2D eigenvalue weighted by molar-refractivity contribution is 5.85. The van der Waals surface area contributed by atoms with E-state index in [0.717, 1.165) is 12.5 Å². The maximum atomic E-state index is 12.5. The lowest BCUT2D eigenvalue weighted by Crippen LogP contribution is -2.33. The van der Waals surface area contributed by atoms with Gasteiger partial charge in [-0.15, -0.1) is 0 Å². The van der Waals surface area contributed by atoms with Gasteiger partial charge in [-0.1, -0.05) is 48.5 Å². The first-order valence-electron chi connectivity index (χ1n) is 7.99. The number of halogens is 2. The molecule has 134 valence electrons. The third-order valence-electron chi connectivity index (χ3n) is 4.07. The molecule has 0 bridgehead atoms. The molecule has 0 saturated heterocycles. The van der Waals surface area contributed by atoms with Crippen molar-refractivity contribution >= 4 is 16.7 Å². The van der Waals surface area contributed by atoms with E-state index in [-0.39, 0.29) is 0 Å². The molecule has 0 radical (unpaired) electrons. The fourth-order valence-corrected chi connectivity index (χ4v) is 2.79. The van der Waals surface area contributed by atoms with Gasteiger partial charge in [0.05, 0.1) is 6.42 Å². The van der Waals surface area contributed by atoms with E-state index in [2.05, 4.69) is 42.5 Å². The Balaban J connectivity index is 0.000000181. The van der Waals surface area contributed by atoms with Crippen LogP contribution in [0.5, 0.6) is 0 Å². The summed E-state index contributed by atoms with van der Waals surface area (Å²) in [7, 11) is 0. The Hall–Kier alpha value is -2.31. The quantitative estimate of drug-likeness (QED) is 0.741. The Kier molecular flexibility index (Phi) is 6.22. The van der Waals surface area contributed by atoms with Crippen molar-refractivity contribution in [3.8, 4) is 0 Å². The predicted molar refractivity (Wildman–Crippen MR) is 92.5 cm³/mol. The molecule has 0 saturated carbocycles. The normalized spacial score (nSPS) is 21.0. The van der Waals surface area contributed by atoms with Gasteiger partial charge in [0.1, 0.15) is 6.10 Å². The number of rotatable bonds is 4. The Morgan fingerprint density at radius 1 is 1.16 bits per heavy atom. The van der Waals surface area contributed by atoms with Crippen molar-refractivity contribution in [2.75, 3.05) is 6.54 Å². The Labute approximate surface area is 144 Å². The summed E-state index contributed by atoms with van der Waals surface area (Å²) in [5.74, 6) is -5.45. The van der Waals surface area contributed by atoms with E-state index < -0.39 is 30.3 Å². The van der Waals surface area contributed by atoms with E-state index in [4.69, 9.17) is 15.9 Å². The predicted octanol–water partition coefficient (Wildman–Crippen LogP) is 2.98. The van der Waals surface area contributed by atoms with Crippen LogP contribution in [-0.4, -0.2) is 34.8 Å². The first-order valence-corrected chi connectivity index (χ1v) is 7.99. The molecule has 0 spiro atoms. The van der Waals surface area contributed by atoms with Crippen LogP contribution in [0.1, 0.15) is 12.0 Å². The van der Waals surface area contributed by atoms with Gasteiger partial charge in [0, 0.05) is 5.92 Å². The number of carboxylic acid groups (broad SMARTS) is 1. The molecule has 25 heavy (non-hydrogen) atoms. The topological polar surface area (TPSA) is 83.6 Å². The number of benzene rings is 2. The van der Waals surface area contributed by atoms with Gasteiger partial charge in [-0.05, 0) is 35.4 Å². The van der Waals surface area contributed by atoms with Crippen LogP contribution in [0.25, 0.3) is 10.8 Å². The van der Waals surface area contributed by atoms with Crippen molar-refractivity contribution in [3.05, 3.63) is 60.2 Å². The molecular weight excluding hydrogens is 328 g/mol. The Morgan fingerprint density at radius 3 is 2.44 bits per heavy atom. The van der Waals surface area contributed by atoms with E-state index >= 15 is 0 Å². The highest BCUT2D eigenvalue weighted by Crippen LogP contribution is 2.34. The van der Waals surface area contributed by atoms with Crippen molar-refractivity contribution in [2.45, 2.75) is 24.9 Å². The third-order valence-corrected chi connectivity index (χ3v) is 4.07. The molecule has 0 aromatic heterocycles. The maximum Gasteiger partial charge on any atom is 0.304 e. The molecule has 4 nitrogen and oxygen atoms in total. The van der Waals surface area contributed by atoms with Crippen LogP contribution in [0.2, 0.25) is 0 Å². The fraction of sp³-hybridized carbons (Fsp3) is 0.316. The summed E-state index contributed by atoms with van der Waals surface area (Å²) in [6.45, 7) is 0.716. The Morgan fingerprint density at radius 2 is 1.84 bits per heavy atom. The average Bonchev–Trinajstić information content (AvgIpc) is 2.83. The van der Waals surface area contributed by atoms with Crippen LogP contribution in [0.15, 0.2) is 54.6 Å². The van der Waals surface area contributed by atoms with Crippen LogP contribution in [0.3, 0.4) is 0 Å². The lowest BCUT2D eigenvalue weighted by atomic mass is 10.0. The second kappa shape index (κ2) is 8.18. The molecular formula is C19H21F2NO3. The number of aliphatic carboxylic acids is 1. The molecule has 6 heteroatoms. The molecule has 3 rings (SSSR count). The standard InChI is InChI=1S/C12H13N.C7H8F2O3/c13-9-8-11-6-3-5-10-4-1-2-7-12(10)11;8-7(9)2-1-4(6(7)12)3-5(10)11/h1-7H,8-9,13H2;1-2,4,6,12H,3H2,(H,10,11)/t;4-,6+/m.1/s1. The second-order valence-electron chi connectivity index (χ2n) is 5.92. The van der Waals surface area contributed by atoms with E-state index in [9.17, 15) is 13.6 Å². The first-order chi connectivity index (χ1) is 11.8. The van der Waals surface area contributed by atoms with E-state index in [1.165, 1.54) is 16.3 Å². The summed E-state index contributed by atoms with van der Waals surface area (Å²) in [6, 6.07) is 14.8. The van der Waals surface area contributed by atoms with Crippen LogP contribution in [0, 0.1) is 5.92 Å². The van der Waals surface area contributed by atoms with Crippen molar-refractivity contribution in [2.24, 2.45) is 11.7 Å². The highest BCUT2D eigenvalue weighted by atomic mass is 19.3. The zero-order chi connectivity index (χ0) is 18.4. The zero-order valence-corrected chi connectivity index (χ0v) is 13.6.